The van der Waals surface area contributed by atoms with Crippen molar-refractivity contribution < 1.29 is 23.1 Å². The van der Waals surface area contributed by atoms with Gasteiger partial charge in [-0.15, -0.1) is 0 Å². The lowest BCUT2D eigenvalue weighted by atomic mass is 9.90. The van der Waals surface area contributed by atoms with E-state index in [1.807, 2.05) is 0 Å². The fraction of sp³-hybridized carbons (Fsp3) is 0.917. The molecule has 2 aliphatic rings. The second-order valence-electron chi connectivity index (χ2n) is 5.30. The number of hydrogen-bond acceptors (Lipinski definition) is 3. The molecule has 2 heterocycles. The van der Waals surface area contributed by atoms with Crippen LogP contribution in [-0.2, 0) is 4.79 Å². The zero-order valence-corrected chi connectivity index (χ0v) is 10.6. The van der Waals surface area contributed by atoms with Gasteiger partial charge in [0.15, 0.2) is 6.10 Å². The predicted octanol–water partition coefficient (Wildman–Crippen LogP) is 0.900. The summed E-state index contributed by atoms with van der Waals surface area (Å²) in [6, 6.07) is -0.177. The van der Waals surface area contributed by atoms with Gasteiger partial charge in [-0.3, -0.25) is 4.79 Å². The number of halogens is 3. The Kier molecular flexibility index (Phi) is 4.35. The third-order valence-corrected chi connectivity index (χ3v) is 3.99. The van der Waals surface area contributed by atoms with Crippen molar-refractivity contribution in [3.05, 3.63) is 0 Å². The first-order chi connectivity index (χ1) is 8.89. The third kappa shape index (κ3) is 3.39. The molecule has 110 valence electrons. The van der Waals surface area contributed by atoms with Gasteiger partial charge < -0.3 is 15.3 Å². The Hall–Kier alpha value is -0.820. The zero-order valence-electron chi connectivity index (χ0n) is 10.6. The van der Waals surface area contributed by atoms with E-state index in [2.05, 4.69) is 5.32 Å². The molecule has 1 amide bonds. The molecule has 0 aromatic rings. The minimum absolute atomic E-state index is 0.0163. The summed E-state index contributed by atoms with van der Waals surface area (Å²) in [5.74, 6) is -0.807. The average Bonchev–Trinajstić information content (AvgIpc) is 2.90. The first-order valence-corrected chi connectivity index (χ1v) is 6.66. The number of alkyl halides is 3. The number of amides is 1. The molecule has 0 aliphatic carbocycles. The number of nitrogens with one attached hydrogen (secondary N) is 1. The summed E-state index contributed by atoms with van der Waals surface area (Å²) < 4.78 is 37.2. The summed E-state index contributed by atoms with van der Waals surface area (Å²) in [5.41, 5.74) is 0. The predicted molar refractivity (Wildman–Crippen MR) is 62.4 cm³/mol. The number of rotatable bonds is 2. The van der Waals surface area contributed by atoms with Gasteiger partial charge in [0.05, 0.1) is 6.04 Å². The van der Waals surface area contributed by atoms with Crippen molar-refractivity contribution >= 4 is 5.91 Å². The quantitative estimate of drug-likeness (QED) is 0.790. The number of aliphatic hydroxyl groups excluding tert-OH is 1. The molecule has 0 bridgehead atoms. The first-order valence-electron chi connectivity index (χ1n) is 6.66. The summed E-state index contributed by atoms with van der Waals surface area (Å²) in [5, 5.41) is 12.3. The molecule has 0 saturated carbocycles. The van der Waals surface area contributed by atoms with Crippen LogP contribution in [0.4, 0.5) is 13.2 Å². The number of hydrogen-bond donors (Lipinski definition) is 2. The Bertz CT molecular complexity index is 321. The SMILES string of the molecule is O=C([C@@H]1CCCN1)N1CCC([C@H](O)C(F)(F)F)CC1. The summed E-state index contributed by atoms with van der Waals surface area (Å²) in [7, 11) is 0. The molecule has 2 rings (SSSR count). The molecule has 0 radical (unpaired) electrons. The van der Waals surface area contributed by atoms with Crippen LogP contribution >= 0.6 is 0 Å². The van der Waals surface area contributed by atoms with Gasteiger partial charge in [-0.1, -0.05) is 0 Å². The van der Waals surface area contributed by atoms with E-state index in [9.17, 15) is 23.1 Å². The normalized spacial score (nSPS) is 27.6. The number of carbonyl (C=O) groups is 1. The van der Waals surface area contributed by atoms with Crippen molar-refractivity contribution in [2.24, 2.45) is 5.92 Å². The van der Waals surface area contributed by atoms with E-state index in [4.69, 9.17) is 0 Å². The number of piperidine rings is 1. The van der Waals surface area contributed by atoms with E-state index >= 15 is 0 Å². The van der Waals surface area contributed by atoms with Crippen molar-refractivity contribution in [1.29, 1.82) is 0 Å². The van der Waals surface area contributed by atoms with Gasteiger partial charge in [0.1, 0.15) is 0 Å². The maximum Gasteiger partial charge on any atom is 0.414 e. The van der Waals surface area contributed by atoms with Gasteiger partial charge >= 0.3 is 6.18 Å². The fourth-order valence-corrected chi connectivity index (χ4v) is 2.82. The Labute approximate surface area is 110 Å². The van der Waals surface area contributed by atoms with Crippen LogP contribution in [0.3, 0.4) is 0 Å². The topological polar surface area (TPSA) is 52.6 Å². The minimum Gasteiger partial charge on any atom is -0.383 e. The maximum absolute atomic E-state index is 12.4. The Balaban J connectivity index is 1.83. The van der Waals surface area contributed by atoms with Crippen LogP contribution in [0.15, 0.2) is 0 Å². The highest BCUT2D eigenvalue weighted by Gasteiger charge is 2.44. The Morgan fingerprint density at radius 2 is 1.89 bits per heavy atom. The van der Waals surface area contributed by atoms with E-state index in [1.165, 1.54) is 0 Å². The maximum atomic E-state index is 12.4. The van der Waals surface area contributed by atoms with E-state index in [1.54, 1.807) is 4.90 Å². The van der Waals surface area contributed by atoms with Gasteiger partial charge in [0.25, 0.3) is 0 Å². The van der Waals surface area contributed by atoms with E-state index < -0.39 is 18.2 Å². The molecule has 0 unspecified atom stereocenters. The van der Waals surface area contributed by atoms with Crippen LogP contribution in [0.2, 0.25) is 0 Å². The first kappa shape index (κ1) is 14.6. The number of carbonyl (C=O) groups excluding carboxylic acids is 1. The van der Waals surface area contributed by atoms with E-state index in [-0.39, 0.29) is 24.8 Å². The van der Waals surface area contributed by atoms with Crippen molar-refractivity contribution in [3.8, 4) is 0 Å². The third-order valence-electron chi connectivity index (χ3n) is 3.99. The molecule has 2 saturated heterocycles. The largest absolute Gasteiger partial charge is 0.414 e. The minimum atomic E-state index is -4.57. The van der Waals surface area contributed by atoms with Crippen LogP contribution in [0.25, 0.3) is 0 Å². The summed E-state index contributed by atoms with van der Waals surface area (Å²) >= 11 is 0. The van der Waals surface area contributed by atoms with Gasteiger partial charge in [-0.2, -0.15) is 13.2 Å². The molecule has 2 fully saturated rings. The van der Waals surface area contributed by atoms with Gasteiger partial charge in [0, 0.05) is 13.1 Å². The van der Waals surface area contributed by atoms with Crippen molar-refractivity contribution in [3.63, 3.8) is 0 Å². The lowest BCUT2D eigenvalue weighted by Gasteiger charge is -2.35. The molecule has 2 N–H and O–H groups in total. The van der Waals surface area contributed by atoms with Crippen LogP contribution in [0.1, 0.15) is 25.7 Å². The molecule has 7 heteroatoms. The van der Waals surface area contributed by atoms with Crippen LogP contribution in [0, 0.1) is 5.92 Å². The molecular weight excluding hydrogens is 261 g/mol. The summed E-state index contributed by atoms with van der Waals surface area (Å²) in [4.78, 5) is 13.7. The lowest BCUT2D eigenvalue weighted by molar-refractivity contribution is -0.223. The highest BCUT2D eigenvalue weighted by molar-refractivity contribution is 5.82. The molecule has 0 aromatic heterocycles. The lowest BCUT2D eigenvalue weighted by Crippen LogP contribution is -2.49. The number of nitrogens with zero attached hydrogens (tertiary/aromatic N) is 1. The van der Waals surface area contributed by atoms with E-state index in [0.717, 1.165) is 19.4 Å². The molecule has 19 heavy (non-hydrogen) atoms. The monoisotopic (exact) mass is 280 g/mol. The van der Waals surface area contributed by atoms with Gasteiger partial charge in [-0.05, 0) is 38.1 Å². The standard InChI is InChI=1S/C12H19F3N2O2/c13-12(14,15)10(18)8-3-6-17(7-4-8)11(19)9-2-1-5-16-9/h8-10,16,18H,1-7H2/t9-,10-/m0/s1. The highest BCUT2D eigenvalue weighted by Crippen LogP contribution is 2.31. The molecule has 0 spiro atoms. The van der Waals surface area contributed by atoms with Gasteiger partial charge in [0.2, 0.25) is 5.91 Å². The molecule has 4 nitrogen and oxygen atoms in total. The second kappa shape index (κ2) is 5.66. The average molecular weight is 280 g/mol. The summed E-state index contributed by atoms with van der Waals surface area (Å²) in [6.07, 6.45) is -4.67. The van der Waals surface area contributed by atoms with Gasteiger partial charge in [-0.25, -0.2) is 0 Å². The number of aliphatic hydroxyl groups is 1. The van der Waals surface area contributed by atoms with Crippen molar-refractivity contribution in [1.82, 2.24) is 10.2 Å². The highest BCUT2D eigenvalue weighted by atomic mass is 19.4. The zero-order chi connectivity index (χ0) is 14.0. The smallest absolute Gasteiger partial charge is 0.383 e. The molecule has 2 aliphatic heterocycles. The summed E-state index contributed by atoms with van der Waals surface area (Å²) in [6.45, 7) is 1.42. The fourth-order valence-electron chi connectivity index (χ4n) is 2.82. The van der Waals surface area contributed by atoms with E-state index in [0.29, 0.717) is 13.1 Å². The molecular formula is C12H19F3N2O2. The van der Waals surface area contributed by atoms with Crippen LogP contribution < -0.4 is 5.32 Å². The van der Waals surface area contributed by atoms with Crippen LogP contribution in [-0.4, -0.2) is 53.9 Å². The van der Waals surface area contributed by atoms with Crippen molar-refractivity contribution in [2.75, 3.05) is 19.6 Å². The molecule has 0 aromatic carbocycles. The Morgan fingerprint density at radius 3 is 2.37 bits per heavy atom. The Morgan fingerprint density at radius 1 is 1.26 bits per heavy atom. The number of likely N-dealkylation sites (tertiary alicyclic amines) is 1. The van der Waals surface area contributed by atoms with Crippen LogP contribution in [0.5, 0.6) is 0 Å². The van der Waals surface area contributed by atoms with Crippen molar-refractivity contribution in [2.45, 2.75) is 44.0 Å². The second-order valence-corrected chi connectivity index (χ2v) is 5.30. The molecule has 2 atom stereocenters.